The maximum atomic E-state index is 13.0. The van der Waals surface area contributed by atoms with Crippen molar-refractivity contribution in [2.75, 3.05) is 5.32 Å². The van der Waals surface area contributed by atoms with Gasteiger partial charge in [0.05, 0.1) is 28.7 Å². The van der Waals surface area contributed by atoms with Crippen LogP contribution in [0.15, 0.2) is 23.6 Å². The van der Waals surface area contributed by atoms with E-state index in [9.17, 15) is 18.0 Å². The first-order valence-electron chi connectivity index (χ1n) is 8.55. The molecule has 150 valence electrons. The average molecular weight is 412 g/mol. The van der Waals surface area contributed by atoms with Gasteiger partial charge >= 0.3 is 6.18 Å². The molecule has 0 spiro atoms. The van der Waals surface area contributed by atoms with E-state index in [0.717, 1.165) is 9.69 Å². The fourth-order valence-corrected chi connectivity index (χ4v) is 3.32. The lowest BCUT2D eigenvalue weighted by atomic mass is 10.2. The molecule has 0 aliphatic rings. The second-order valence-electron chi connectivity index (χ2n) is 6.55. The molecule has 0 saturated carbocycles. The normalized spacial score (nSPS) is 12.0. The lowest BCUT2D eigenvalue weighted by molar-refractivity contribution is -0.141. The molecule has 1 amide bonds. The average Bonchev–Trinajstić information content (AvgIpc) is 3.09. The van der Waals surface area contributed by atoms with Crippen molar-refractivity contribution in [2.45, 2.75) is 46.0 Å². The standard InChI is InChI=1S/C18H19F3N4O2S/c1-10(2)27-13-4-5-14-15(7-13)25(9-18(19,20)21)24-17(14)23-16(26)6-12-8-28-11(3)22-12/h4-5,7-8,10H,6,9H2,1-3H3,(H,23,24,26). The number of aromatic nitrogens is 3. The third-order valence-corrected chi connectivity index (χ3v) is 4.51. The maximum absolute atomic E-state index is 13.0. The minimum atomic E-state index is -4.45. The van der Waals surface area contributed by atoms with Gasteiger partial charge < -0.3 is 10.1 Å². The number of halogens is 3. The van der Waals surface area contributed by atoms with Crippen molar-refractivity contribution in [1.82, 2.24) is 14.8 Å². The first-order valence-corrected chi connectivity index (χ1v) is 9.43. The third-order valence-electron chi connectivity index (χ3n) is 3.69. The highest BCUT2D eigenvalue weighted by atomic mass is 32.1. The summed E-state index contributed by atoms with van der Waals surface area (Å²) in [4.78, 5) is 16.5. The van der Waals surface area contributed by atoms with E-state index in [-0.39, 0.29) is 23.9 Å². The van der Waals surface area contributed by atoms with Crippen molar-refractivity contribution in [1.29, 1.82) is 0 Å². The summed E-state index contributed by atoms with van der Waals surface area (Å²) < 4.78 is 45.3. The number of hydrogen-bond donors (Lipinski definition) is 1. The van der Waals surface area contributed by atoms with E-state index in [0.29, 0.717) is 16.8 Å². The van der Waals surface area contributed by atoms with Crippen LogP contribution in [0.2, 0.25) is 0 Å². The van der Waals surface area contributed by atoms with Crippen LogP contribution >= 0.6 is 11.3 Å². The SMILES string of the molecule is Cc1nc(CC(=O)Nc2nn(CC(F)(F)F)c3cc(OC(C)C)ccc23)cs1. The number of benzene rings is 1. The first-order chi connectivity index (χ1) is 13.1. The zero-order valence-corrected chi connectivity index (χ0v) is 16.3. The number of hydrogen-bond acceptors (Lipinski definition) is 5. The first kappa shape index (κ1) is 20.1. The number of thiazole rings is 1. The summed E-state index contributed by atoms with van der Waals surface area (Å²) >= 11 is 1.42. The van der Waals surface area contributed by atoms with E-state index in [1.165, 1.54) is 17.4 Å². The summed E-state index contributed by atoms with van der Waals surface area (Å²) in [5.74, 6) is 0.111. The number of rotatable bonds is 6. The summed E-state index contributed by atoms with van der Waals surface area (Å²) in [6, 6.07) is 4.73. The summed E-state index contributed by atoms with van der Waals surface area (Å²) in [7, 11) is 0. The summed E-state index contributed by atoms with van der Waals surface area (Å²) in [6.07, 6.45) is -4.56. The van der Waals surface area contributed by atoms with E-state index in [1.807, 2.05) is 20.8 Å². The van der Waals surface area contributed by atoms with E-state index < -0.39 is 18.6 Å². The Morgan fingerprint density at radius 2 is 2.11 bits per heavy atom. The molecule has 2 heterocycles. The topological polar surface area (TPSA) is 69.0 Å². The molecule has 10 heteroatoms. The number of aryl methyl sites for hydroxylation is 1. The maximum Gasteiger partial charge on any atom is 0.408 e. The minimum absolute atomic E-state index is 0.0203. The Kier molecular flexibility index (Phi) is 5.59. The van der Waals surface area contributed by atoms with Crippen molar-refractivity contribution >= 4 is 34.0 Å². The largest absolute Gasteiger partial charge is 0.491 e. The summed E-state index contributed by atoms with van der Waals surface area (Å²) in [5, 5.41) is 9.58. The molecule has 0 saturated heterocycles. The second kappa shape index (κ2) is 7.78. The van der Waals surface area contributed by atoms with E-state index in [2.05, 4.69) is 15.4 Å². The molecule has 0 bridgehead atoms. The van der Waals surface area contributed by atoms with Gasteiger partial charge in [-0.05, 0) is 32.9 Å². The van der Waals surface area contributed by atoms with Crippen LogP contribution in [-0.2, 0) is 17.8 Å². The summed E-state index contributed by atoms with van der Waals surface area (Å²) in [5.41, 5.74) is 0.835. The third kappa shape index (κ3) is 5.00. The van der Waals surface area contributed by atoms with Gasteiger partial charge in [-0.15, -0.1) is 11.3 Å². The number of nitrogens with zero attached hydrogens (tertiary/aromatic N) is 3. The Bertz CT molecular complexity index is 995. The Hall–Kier alpha value is -2.62. The molecular weight excluding hydrogens is 393 g/mol. The molecule has 0 aliphatic carbocycles. The number of carbonyl (C=O) groups excluding carboxylic acids is 1. The lowest BCUT2D eigenvalue weighted by Gasteiger charge is -2.11. The Morgan fingerprint density at radius 3 is 2.71 bits per heavy atom. The van der Waals surface area contributed by atoms with Crippen LogP contribution in [0.3, 0.4) is 0 Å². The van der Waals surface area contributed by atoms with Gasteiger partial charge in [0.1, 0.15) is 12.3 Å². The van der Waals surface area contributed by atoms with Crippen molar-refractivity contribution < 1.29 is 22.7 Å². The fraction of sp³-hybridized carbons (Fsp3) is 0.389. The van der Waals surface area contributed by atoms with Gasteiger partial charge in [0.25, 0.3) is 0 Å². The number of ether oxygens (including phenoxy) is 1. The number of amides is 1. The van der Waals surface area contributed by atoms with Gasteiger partial charge in [-0.3, -0.25) is 9.48 Å². The molecule has 0 radical (unpaired) electrons. The predicted molar refractivity (Wildman–Crippen MR) is 101 cm³/mol. The van der Waals surface area contributed by atoms with Gasteiger partial charge in [0, 0.05) is 16.8 Å². The minimum Gasteiger partial charge on any atom is -0.491 e. The van der Waals surface area contributed by atoms with Gasteiger partial charge in [-0.25, -0.2) is 4.98 Å². The number of carbonyl (C=O) groups is 1. The molecule has 3 aromatic rings. The van der Waals surface area contributed by atoms with Crippen LogP contribution in [-0.4, -0.2) is 33.0 Å². The number of nitrogens with one attached hydrogen (secondary N) is 1. The highest BCUT2D eigenvalue weighted by Gasteiger charge is 2.30. The van der Waals surface area contributed by atoms with Crippen LogP contribution in [0.5, 0.6) is 5.75 Å². The predicted octanol–water partition coefficient (Wildman–Crippen LogP) is 4.33. The number of alkyl halides is 3. The molecule has 1 N–H and O–H groups in total. The Morgan fingerprint density at radius 1 is 1.36 bits per heavy atom. The van der Waals surface area contributed by atoms with Crippen molar-refractivity contribution in [3.8, 4) is 5.75 Å². The molecule has 0 aliphatic heterocycles. The molecular formula is C18H19F3N4O2S. The van der Waals surface area contributed by atoms with Crippen LogP contribution in [0, 0.1) is 6.92 Å². The molecule has 1 aromatic carbocycles. The zero-order valence-electron chi connectivity index (χ0n) is 15.5. The smallest absolute Gasteiger partial charge is 0.408 e. The van der Waals surface area contributed by atoms with Gasteiger partial charge in [0.2, 0.25) is 5.91 Å². The molecule has 0 fully saturated rings. The van der Waals surface area contributed by atoms with Crippen LogP contribution in [0.25, 0.3) is 10.9 Å². The summed E-state index contributed by atoms with van der Waals surface area (Å²) in [6.45, 7) is 4.21. The van der Waals surface area contributed by atoms with Gasteiger partial charge in [-0.2, -0.15) is 18.3 Å². The van der Waals surface area contributed by atoms with E-state index >= 15 is 0 Å². The quantitative estimate of drug-likeness (QED) is 0.654. The highest BCUT2D eigenvalue weighted by Crippen LogP contribution is 2.30. The van der Waals surface area contributed by atoms with E-state index in [1.54, 1.807) is 17.5 Å². The van der Waals surface area contributed by atoms with Crippen LogP contribution in [0.4, 0.5) is 19.0 Å². The van der Waals surface area contributed by atoms with Gasteiger partial charge in [0.15, 0.2) is 5.82 Å². The molecule has 3 rings (SSSR count). The Balaban J connectivity index is 1.91. The van der Waals surface area contributed by atoms with Crippen molar-refractivity contribution in [3.05, 3.63) is 34.3 Å². The lowest BCUT2D eigenvalue weighted by Crippen LogP contribution is -2.19. The van der Waals surface area contributed by atoms with Crippen LogP contribution < -0.4 is 10.1 Å². The molecule has 0 unspecified atom stereocenters. The zero-order chi connectivity index (χ0) is 20.5. The fourth-order valence-electron chi connectivity index (χ4n) is 2.71. The van der Waals surface area contributed by atoms with E-state index in [4.69, 9.17) is 4.74 Å². The van der Waals surface area contributed by atoms with Gasteiger partial charge in [-0.1, -0.05) is 0 Å². The molecule has 0 atom stereocenters. The van der Waals surface area contributed by atoms with Crippen molar-refractivity contribution in [2.24, 2.45) is 0 Å². The molecule has 2 aromatic heterocycles. The monoisotopic (exact) mass is 412 g/mol. The molecule has 6 nitrogen and oxygen atoms in total. The number of anilines is 1. The second-order valence-corrected chi connectivity index (χ2v) is 7.61. The highest BCUT2D eigenvalue weighted by molar-refractivity contribution is 7.09. The van der Waals surface area contributed by atoms with Crippen molar-refractivity contribution in [3.63, 3.8) is 0 Å². The van der Waals surface area contributed by atoms with Crippen LogP contribution in [0.1, 0.15) is 24.5 Å². The molecule has 28 heavy (non-hydrogen) atoms. The number of fused-ring (bicyclic) bond motifs is 1. The Labute approximate surface area is 163 Å².